The molecule has 0 fully saturated rings. The number of hydrogen-bond acceptors (Lipinski definition) is 3. The first kappa shape index (κ1) is 10.7. The molecule has 76 valence electrons. The molecule has 1 amide bonds. The van der Waals surface area contributed by atoms with Crippen LogP contribution in [0.5, 0.6) is 0 Å². The normalized spacial score (nSPS) is 9.79. The minimum absolute atomic E-state index is 0.0463. The molecule has 4 nitrogen and oxygen atoms in total. The Morgan fingerprint density at radius 1 is 1.50 bits per heavy atom. The summed E-state index contributed by atoms with van der Waals surface area (Å²) in [5.74, 6) is 0.0463. The van der Waals surface area contributed by atoms with Gasteiger partial charge in [0.1, 0.15) is 0 Å². The minimum Gasteiger partial charge on any atom is -0.350 e. The van der Waals surface area contributed by atoms with Crippen molar-refractivity contribution >= 4 is 5.91 Å². The second-order valence-corrected chi connectivity index (χ2v) is 2.95. The number of amides is 1. The van der Waals surface area contributed by atoms with Crippen LogP contribution in [0.25, 0.3) is 0 Å². The van der Waals surface area contributed by atoms with Crippen molar-refractivity contribution in [2.45, 2.75) is 13.0 Å². The lowest BCUT2D eigenvalue weighted by atomic mass is 10.3. The summed E-state index contributed by atoms with van der Waals surface area (Å²) in [6.45, 7) is 1.21. The molecule has 4 heteroatoms. The maximum absolute atomic E-state index is 11.2. The van der Waals surface area contributed by atoms with Gasteiger partial charge in [0.25, 0.3) is 0 Å². The van der Waals surface area contributed by atoms with Crippen LogP contribution in [0.1, 0.15) is 12.1 Å². The van der Waals surface area contributed by atoms with Crippen LogP contribution in [-0.4, -0.2) is 24.5 Å². The summed E-state index contributed by atoms with van der Waals surface area (Å²) in [5.41, 5.74) is 0.880. The van der Waals surface area contributed by atoms with Gasteiger partial charge < -0.3 is 10.6 Å². The van der Waals surface area contributed by atoms with Crippen LogP contribution in [0.2, 0.25) is 0 Å². The Balaban J connectivity index is 2.24. The third-order valence-corrected chi connectivity index (χ3v) is 1.79. The first-order valence-electron chi connectivity index (χ1n) is 4.64. The number of carbonyl (C=O) groups is 1. The number of carbonyl (C=O) groups excluding carboxylic acids is 1. The summed E-state index contributed by atoms with van der Waals surface area (Å²) in [5, 5.41) is 5.71. The third kappa shape index (κ3) is 4.00. The highest BCUT2D eigenvalue weighted by Crippen LogP contribution is 1.92. The van der Waals surface area contributed by atoms with Crippen molar-refractivity contribution in [3.63, 3.8) is 0 Å². The van der Waals surface area contributed by atoms with E-state index in [-0.39, 0.29) is 5.91 Å². The van der Waals surface area contributed by atoms with Crippen molar-refractivity contribution in [2.24, 2.45) is 0 Å². The zero-order valence-electron chi connectivity index (χ0n) is 8.29. The van der Waals surface area contributed by atoms with Crippen LogP contribution >= 0.6 is 0 Å². The molecule has 1 heterocycles. The summed E-state index contributed by atoms with van der Waals surface area (Å²) in [6, 6.07) is 5.65. The fraction of sp³-hybridized carbons (Fsp3) is 0.400. The lowest BCUT2D eigenvalue weighted by molar-refractivity contribution is -0.121. The molecule has 0 aromatic carbocycles. The van der Waals surface area contributed by atoms with Crippen molar-refractivity contribution < 1.29 is 4.79 Å². The Morgan fingerprint density at radius 3 is 3.00 bits per heavy atom. The van der Waals surface area contributed by atoms with Crippen molar-refractivity contribution in [1.29, 1.82) is 0 Å². The number of hydrogen-bond donors (Lipinski definition) is 2. The quantitative estimate of drug-likeness (QED) is 0.707. The van der Waals surface area contributed by atoms with Crippen LogP contribution in [0.3, 0.4) is 0 Å². The molecule has 1 rings (SSSR count). The van der Waals surface area contributed by atoms with Crippen LogP contribution < -0.4 is 10.6 Å². The van der Waals surface area contributed by atoms with E-state index < -0.39 is 0 Å². The summed E-state index contributed by atoms with van der Waals surface area (Å²) >= 11 is 0. The molecule has 0 aliphatic rings. The van der Waals surface area contributed by atoms with Gasteiger partial charge in [-0.05, 0) is 19.2 Å². The average Bonchev–Trinajstić information content (AvgIpc) is 2.25. The van der Waals surface area contributed by atoms with E-state index in [0.717, 1.165) is 5.69 Å². The van der Waals surface area contributed by atoms with Gasteiger partial charge in [-0.1, -0.05) is 6.07 Å². The van der Waals surface area contributed by atoms with E-state index in [4.69, 9.17) is 0 Å². The molecular weight excluding hydrogens is 178 g/mol. The predicted octanol–water partition coefficient (Wildman–Crippen LogP) is 0.307. The first-order valence-corrected chi connectivity index (χ1v) is 4.64. The predicted molar refractivity (Wildman–Crippen MR) is 54.6 cm³/mol. The SMILES string of the molecule is CNCCC(=O)NCc1ccccn1. The standard InChI is InChI=1S/C10H15N3O/c1-11-7-5-10(14)13-8-9-4-2-3-6-12-9/h2-4,6,11H,5,7-8H2,1H3,(H,13,14). The largest absolute Gasteiger partial charge is 0.350 e. The fourth-order valence-electron chi connectivity index (χ4n) is 1.02. The third-order valence-electron chi connectivity index (χ3n) is 1.79. The molecule has 0 spiro atoms. The van der Waals surface area contributed by atoms with E-state index in [1.165, 1.54) is 0 Å². The fourth-order valence-corrected chi connectivity index (χ4v) is 1.02. The van der Waals surface area contributed by atoms with E-state index in [0.29, 0.717) is 19.5 Å². The lowest BCUT2D eigenvalue weighted by Gasteiger charge is -2.03. The van der Waals surface area contributed by atoms with Crippen LogP contribution in [-0.2, 0) is 11.3 Å². The molecule has 1 aromatic rings. The molecule has 0 aliphatic heterocycles. The van der Waals surface area contributed by atoms with Gasteiger partial charge in [-0.25, -0.2) is 0 Å². The minimum atomic E-state index is 0.0463. The molecule has 0 saturated carbocycles. The van der Waals surface area contributed by atoms with Crippen molar-refractivity contribution in [3.8, 4) is 0 Å². The highest BCUT2D eigenvalue weighted by Gasteiger charge is 1.99. The summed E-state index contributed by atoms with van der Waals surface area (Å²) < 4.78 is 0. The van der Waals surface area contributed by atoms with Crippen LogP contribution in [0, 0.1) is 0 Å². The molecule has 0 saturated heterocycles. The summed E-state index contributed by atoms with van der Waals surface area (Å²) in [7, 11) is 1.83. The molecule has 0 unspecified atom stereocenters. The molecule has 2 N–H and O–H groups in total. The van der Waals surface area contributed by atoms with Gasteiger partial charge in [-0.15, -0.1) is 0 Å². The Kier molecular flexibility index (Phi) is 4.64. The van der Waals surface area contributed by atoms with E-state index in [1.54, 1.807) is 6.20 Å². The highest BCUT2D eigenvalue weighted by molar-refractivity contribution is 5.75. The second-order valence-electron chi connectivity index (χ2n) is 2.95. The Hall–Kier alpha value is -1.42. The van der Waals surface area contributed by atoms with Gasteiger partial charge in [-0.3, -0.25) is 9.78 Å². The Labute approximate surface area is 83.7 Å². The zero-order valence-corrected chi connectivity index (χ0v) is 8.29. The first-order chi connectivity index (χ1) is 6.83. The maximum Gasteiger partial charge on any atom is 0.221 e. The van der Waals surface area contributed by atoms with E-state index >= 15 is 0 Å². The smallest absolute Gasteiger partial charge is 0.221 e. The Morgan fingerprint density at radius 2 is 2.36 bits per heavy atom. The molecule has 14 heavy (non-hydrogen) atoms. The highest BCUT2D eigenvalue weighted by atomic mass is 16.1. The molecule has 1 aromatic heterocycles. The van der Waals surface area contributed by atoms with Gasteiger partial charge in [0.15, 0.2) is 0 Å². The van der Waals surface area contributed by atoms with Crippen molar-refractivity contribution in [2.75, 3.05) is 13.6 Å². The van der Waals surface area contributed by atoms with Gasteiger partial charge >= 0.3 is 0 Å². The maximum atomic E-state index is 11.2. The zero-order chi connectivity index (χ0) is 10.2. The number of aromatic nitrogens is 1. The molecule has 0 radical (unpaired) electrons. The number of pyridine rings is 1. The summed E-state index contributed by atoms with van der Waals surface area (Å²) in [6.07, 6.45) is 2.22. The van der Waals surface area contributed by atoms with Crippen LogP contribution in [0.4, 0.5) is 0 Å². The van der Waals surface area contributed by atoms with Crippen molar-refractivity contribution in [1.82, 2.24) is 15.6 Å². The molecule has 0 atom stereocenters. The van der Waals surface area contributed by atoms with E-state index in [2.05, 4.69) is 15.6 Å². The van der Waals surface area contributed by atoms with Gasteiger partial charge in [0.2, 0.25) is 5.91 Å². The lowest BCUT2D eigenvalue weighted by Crippen LogP contribution is -2.26. The van der Waals surface area contributed by atoms with Gasteiger partial charge in [0, 0.05) is 19.2 Å². The monoisotopic (exact) mass is 193 g/mol. The molecule has 0 aliphatic carbocycles. The summed E-state index contributed by atoms with van der Waals surface area (Å²) in [4.78, 5) is 15.3. The number of nitrogens with one attached hydrogen (secondary N) is 2. The molecule has 0 bridgehead atoms. The van der Waals surface area contributed by atoms with E-state index in [9.17, 15) is 4.79 Å². The average molecular weight is 193 g/mol. The van der Waals surface area contributed by atoms with Crippen molar-refractivity contribution in [3.05, 3.63) is 30.1 Å². The van der Waals surface area contributed by atoms with Gasteiger partial charge in [-0.2, -0.15) is 0 Å². The number of rotatable bonds is 5. The van der Waals surface area contributed by atoms with E-state index in [1.807, 2.05) is 25.2 Å². The van der Waals surface area contributed by atoms with Gasteiger partial charge in [0.05, 0.1) is 12.2 Å². The number of nitrogens with zero attached hydrogens (tertiary/aromatic N) is 1. The topological polar surface area (TPSA) is 54.0 Å². The second kappa shape index (κ2) is 6.10. The van der Waals surface area contributed by atoms with Crippen LogP contribution in [0.15, 0.2) is 24.4 Å². The Bertz CT molecular complexity index is 274. The molecular formula is C10H15N3O.